The first-order valence-electron chi connectivity index (χ1n) is 3.59. The zero-order valence-electron chi connectivity index (χ0n) is 6.57. The van der Waals surface area contributed by atoms with Crippen molar-refractivity contribution in [3.63, 3.8) is 0 Å². The third-order valence-electron chi connectivity index (χ3n) is 1.63. The summed E-state index contributed by atoms with van der Waals surface area (Å²) in [5.74, 6) is 0.576. The summed E-state index contributed by atoms with van der Waals surface area (Å²) in [6.45, 7) is 0.658. The van der Waals surface area contributed by atoms with Crippen LogP contribution in [0.3, 0.4) is 0 Å². The third kappa shape index (κ3) is 1.08. The van der Waals surface area contributed by atoms with Crippen molar-refractivity contribution in [1.82, 2.24) is 14.8 Å². The normalized spacial score (nSPS) is 15.6. The number of hydrogen-bond acceptors (Lipinski definition) is 5. The molecule has 0 fully saturated rings. The monoisotopic (exact) mass is 184 g/mol. The minimum absolute atomic E-state index is 0.0107. The quantitative estimate of drug-likeness (QED) is 0.642. The van der Waals surface area contributed by atoms with Crippen LogP contribution in [0.4, 0.5) is 5.95 Å². The van der Waals surface area contributed by atoms with Crippen molar-refractivity contribution in [2.24, 2.45) is 0 Å². The Bertz CT molecular complexity index is 321. The molecule has 0 aliphatic carbocycles. The van der Waals surface area contributed by atoms with Crippen LogP contribution in [0, 0.1) is 0 Å². The van der Waals surface area contributed by atoms with Gasteiger partial charge in [-0.2, -0.15) is 9.67 Å². The Kier molecular flexibility index (Phi) is 1.76. The fourth-order valence-electron chi connectivity index (χ4n) is 1.06. The van der Waals surface area contributed by atoms with Gasteiger partial charge in [-0.3, -0.25) is 4.79 Å². The fraction of sp³-hybridized carbons (Fsp3) is 0.500. The predicted molar refractivity (Wildman–Crippen MR) is 45.5 cm³/mol. The van der Waals surface area contributed by atoms with E-state index in [-0.39, 0.29) is 5.91 Å². The molecular weight excluding hydrogens is 176 g/mol. The Morgan fingerprint density at radius 2 is 2.50 bits per heavy atom. The smallest absolute Gasteiger partial charge is 0.251 e. The molecule has 12 heavy (non-hydrogen) atoms. The molecule has 0 bridgehead atoms. The molecule has 0 spiro atoms. The van der Waals surface area contributed by atoms with Gasteiger partial charge in [0.15, 0.2) is 0 Å². The molecule has 1 aliphatic heterocycles. The average Bonchev–Trinajstić information content (AvgIpc) is 2.49. The molecule has 1 aliphatic rings. The van der Waals surface area contributed by atoms with Crippen molar-refractivity contribution >= 4 is 23.6 Å². The van der Waals surface area contributed by atoms with Gasteiger partial charge in [-0.25, -0.2) is 0 Å². The van der Waals surface area contributed by atoms with Gasteiger partial charge in [0.05, 0.1) is 0 Å². The maximum atomic E-state index is 11.2. The summed E-state index contributed by atoms with van der Waals surface area (Å²) in [7, 11) is 0. The number of rotatable bonds is 1. The molecule has 0 unspecified atom stereocenters. The number of aromatic nitrogens is 3. The van der Waals surface area contributed by atoms with E-state index < -0.39 is 0 Å². The van der Waals surface area contributed by atoms with Crippen LogP contribution in [-0.4, -0.2) is 33.5 Å². The van der Waals surface area contributed by atoms with E-state index >= 15 is 0 Å². The standard InChI is InChI=1S/C6H8N4OS/c1-12-6-8-5-7-3-2-4(11)10(5)9-6/h2-3H2,1H3,(H,7,8,9). The first-order chi connectivity index (χ1) is 5.81. The summed E-state index contributed by atoms with van der Waals surface area (Å²) in [6, 6.07) is 0. The van der Waals surface area contributed by atoms with Crippen LogP contribution in [0.5, 0.6) is 0 Å². The summed E-state index contributed by atoms with van der Waals surface area (Å²) in [5.41, 5.74) is 0. The highest BCUT2D eigenvalue weighted by Gasteiger charge is 2.19. The topological polar surface area (TPSA) is 59.8 Å². The van der Waals surface area contributed by atoms with Crippen molar-refractivity contribution in [2.45, 2.75) is 11.6 Å². The van der Waals surface area contributed by atoms with E-state index in [4.69, 9.17) is 0 Å². The number of hydrogen-bond donors (Lipinski definition) is 1. The Morgan fingerprint density at radius 3 is 3.17 bits per heavy atom. The van der Waals surface area contributed by atoms with E-state index in [9.17, 15) is 4.79 Å². The second-order valence-corrected chi connectivity index (χ2v) is 3.18. The number of carbonyl (C=O) groups is 1. The lowest BCUT2D eigenvalue weighted by atomic mass is 10.4. The number of anilines is 1. The van der Waals surface area contributed by atoms with Gasteiger partial charge in [0.1, 0.15) is 0 Å². The second-order valence-electron chi connectivity index (χ2n) is 2.40. The van der Waals surface area contributed by atoms with Crippen LogP contribution >= 0.6 is 11.8 Å². The number of nitrogens with zero attached hydrogens (tertiary/aromatic N) is 3. The van der Waals surface area contributed by atoms with Crippen LogP contribution in [0.1, 0.15) is 11.2 Å². The second kappa shape index (κ2) is 2.78. The number of fused-ring (bicyclic) bond motifs is 1. The van der Waals surface area contributed by atoms with E-state index in [0.717, 1.165) is 0 Å². The van der Waals surface area contributed by atoms with E-state index in [1.165, 1.54) is 16.4 Å². The molecule has 0 radical (unpaired) electrons. The van der Waals surface area contributed by atoms with Crippen molar-refractivity contribution in [1.29, 1.82) is 0 Å². The molecule has 0 saturated heterocycles. The summed E-state index contributed by atoms with van der Waals surface area (Å²) < 4.78 is 1.33. The fourth-order valence-corrected chi connectivity index (χ4v) is 1.40. The van der Waals surface area contributed by atoms with Crippen LogP contribution in [-0.2, 0) is 0 Å². The van der Waals surface area contributed by atoms with Gasteiger partial charge < -0.3 is 5.32 Å². The zero-order valence-corrected chi connectivity index (χ0v) is 7.39. The maximum absolute atomic E-state index is 11.2. The van der Waals surface area contributed by atoms with Crippen molar-refractivity contribution in [3.8, 4) is 0 Å². The van der Waals surface area contributed by atoms with Gasteiger partial charge in [0.25, 0.3) is 5.91 Å². The molecule has 5 nitrogen and oxygen atoms in total. The predicted octanol–water partition coefficient (Wildman–Crippen LogP) is 0.456. The summed E-state index contributed by atoms with van der Waals surface area (Å²) in [5, 5.41) is 7.64. The molecule has 64 valence electrons. The van der Waals surface area contributed by atoms with Crippen LogP contribution in [0.15, 0.2) is 5.16 Å². The molecule has 0 saturated carbocycles. The Hall–Kier alpha value is -1.04. The highest BCUT2D eigenvalue weighted by atomic mass is 32.2. The molecular formula is C6H8N4OS. The Labute approximate surface area is 73.5 Å². The lowest BCUT2D eigenvalue weighted by Crippen LogP contribution is -2.25. The largest absolute Gasteiger partial charge is 0.353 e. The summed E-state index contributed by atoms with van der Waals surface area (Å²) in [6.07, 6.45) is 2.37. The van der Waals surface area contributed by atoms with Gasteiger partial charge in [-0.1, -0.05) is 11.8 Å². The maximum Gasteiger partial charge on any atom is 0.251 e. The number of thioether (sulfide) groups is 1. The van der Waals surface area contributed by atoms with E-state index in [0.29, 0.717) is 24.1 Å². The van der Waals surface area contributed by atoms with Gasteiger partial charge >= 0.3 is 0 Å². The first-order valence-corrected chi connectivity index (χ1v) is 4.82. The van der Waals surface area contributed by atoms with E-state index in [1.807, 2.05) is 6.26 Å². The number of carbonyl (C=O) groups excluding carboxylic acids is 1. The van der Waals surface area contributed by atoms with Gasteiger partial charge in [0.2, 0.25) is 11.1 Å². The van der Waals surface area contributed by atoms with Crippen molar-refractivity contribution in [2.75, 3.05) is 18.1 Å². The van der Waals surface area contributed by atoms with E-state index in [2.05, 4.69) is 15.4 Å². The molecule has 0 atom stereocenters. The lowest BCUT2D eigenvalue weighted by molar-refractivity contribution is 0.0885. The molecule has 0 aromatic carbocycles. The average molecular weight is 184 g/mol. The van der Waals surface area contributed by atoms with Gasteiger partial charge in [-0.05, 0) is 6.26 Å². The Morgan fingerprint density at radius 1 is 1.67 bits per heavy atom. The number of nitrogens with one attached hydrogen (secondary N) is 1. The lowest BCUT2D eigenvalue weighted by Gasteiger charge is -2.10. The highest BCUT2D eigenvalue weighted by Crippen LogP contribution is 2.16. The SMILES string of the molecule is CSc1nc2n(n1)C(=O)CCN2. The van der Waals surface area contributed by atoms with Gasteiger partial charge in [0, 0.05) is 13.0 Å². The minimum atomic E-state index is 0.0107. The molecule has 2 heterocycles. The van der Waals surface area contributed by atoms with Gasteiger partial charge in [-0.15, -0.1) is 5.10 Å². The van der Waals surface area contributed by atoms with Crippen LogP contribution in [0.2, 0.25) is 0 Å². The van der Waals surface area contributed by atoms with Crippen LogP contribution < -0.4 is 5.32 Å². The van der Waals surface area contributed by atoms with Crippen molar-refractivity contribution in [3.05, 3.63) is 0 Å². The first kappa shape index (κ1) is 7.60. The molecule has 6 heteroatoms. The third-order valence-corrected chi connectivity index (χ3v) is 2.17. The minimum Gasteiger partial charge on any atom is -0.353 e. The molecule has 2 rings (SSSR count). The molecule has 1 N–H and O–H groups in total. The van der Waals surface area contributed by atoms with E-state index in [1.54, 1.807) is 0 Å². The van der Waals surface area contributed by atoms with Crippen molar-refractivity contribution < 1.29 is 4.79 Å². The Balaban J connectivity index is 2.43. The van der Waals surface area contributed by atoms with Crippen LogP contribution in [0.25, 0.3) is 0 Å². The zero-order chi connectivity index (χ0) is 8.55. The molecule has 1 aromatic rings. The summed E-state index contributed by atoms with van der Waals surface area (Å²) >= 11 is 1.43. The molecule has 0 amide bonds. The summed E-state index contributed by atoms with van der Waals surface area (Å²) in [4.78, 5) is 15.3. The highest BCUT2D eigenvalue weighted by molar-refractivity contribution is 7.98. The molecule has 1 aromatic heterocycles.